The average molecular weight is 426 g/mol. The maximum atomic E-state index is 12.8. The van der Waals surface area contributed by atoms with E-state index in [0.29, 0.717) is 23.7 Å². The molecule has 164 valence electrons. The van der Waals surface area contributed by atoms with Gasteiger partial charge in [-0.2, -0.15) is 13.2 Å². The number of unbranched alkanes of at least 4 members (excludes halogenated alkanes) is 3. The molecule has 0 aliphatic carbocycles. The maximum Gasteiger partial charge on any atom is 0.427 e. The second-order valence-corrected chi connectivity index (χ2v) is 6.62. The van der Waals surface area contributed by atoms with Gasteiger partial charge in [-0.15, -0.1) is 0 Å². The molecule has 1 heterocycles. The molecular weight excluding hydrogens is 401 g/mol. The second-order valence-electron chi connectivity index (χ2n) is 6.62. The Bertz CT molecular complexity index is 780. The minimum absolute atomic E-state index is 0.0175. The number of benzene rings is 1. The number of esters is 1. The number of halogens is 3. The van der Waals surface area contributed by atoms with Gasteiger partial charge in [0.05, 0.1) is 31.2 Å². The van der Waals surface area contributed by atoms with E-state index >= 15 is 0 Å². The van der Waals surface area contributed by atoms with Crippen molar-refractivity contribution in [2.24, 2.45) is 0 Å². The van der Waals surface area contributed by atoms with E-state index < -0.39 is 24.9 Å². The van der Waals surface area contributed by atoms with Crippen molar-refractivity contribution in [1.82, 2.24) is 9.97 Å². The van der Waals surface area contributed by atoms with E-state index in [0.717, 1.165) is 26.4 Å². The Morgan fingerprint density at radius 1 is 1.07 bits per heavy atom. The molecule has 0 bridgehead atoms. The van der Waals surface area contributed by atoms with Gasteiger partial charge in [0.2, 0.25) is 6.10 Å². The average Bonchev–Trinajstić information content (AvgIpc) is 2.73. The molecule has 2 rings (SSSR count). The number of alkyl halides is 3. The molecule has 0 N–H and O–H groups in total. The molecule has 9 heteroatoms. The lowest BCUT2D eigenvalue weighted by atomic mass is 10.1. The monoisotopic (exact) mass is 426 g/mol. The van der Waals surface area contributed by atoms with Crippen molar-refractivity contribution in [3.8, 4) is 17.1 Å². The van der Waals surface area contributed by atoms with E-state index in [1.54, 1.807) is 12.4 Å². The summed E-state index contributed by atoms with van der Waals surface area (Å²) >= 11 is 0. The van der Waals surface area contributed by atoms with Crippen LogP contribution in [0.1, 0.15) is 43.0 Å². The van der Waals surface area contributed by atoms with Crippen LogP contribution in [0.2, 0.25) is 0 Å². The van der Waals surface area contributed by atoms with Crippen LogP contribution in [-0.4, -0.2) is 48.5 Å². The van der Waals surface area contributed by atoms with Gasteiger partial charge in [0.25, 0.3) is 0 Å². The molecule has 0 aliphatic rings. The van der Waals surface area contributed by atoms with Gasteiger partial charge in [-0.1, -0.05) is 38.3 Å². The fourth-order valence-electron chi connectivity index (χ4n) is 2.56. The van der Waals surface area contributed by atoms with Crippen molar-refractivity contribution < 1.29 is 32.2 Å². The van der Waals surface area contributed by atoms with E-state index in [1.807, 2.05) is 0 Å². The van der Waals surface area contributed by atoms with E-state index in [-0.39, 0.29) is 5.56 Å². The Labute approximate surface area is 173 Å². The summed E-state index contributed by atoms with van der Waals surface area (Å²) in [4.78, 5) is 20.5. The van der Waals surface area contributed by atoms with Crippen LogP contribution in [0, 0.1) is 0 Å². The fourth-order valence-corrected chi connectivity index (χ4v) is 2.56. The summed E-state index contributed by atoms with van der Waals surface area (Å²) in [5.74, 6) is -0.124. The molecule has 1 aromatic heterocycles. The Balaban J connectivity index is 1.95. The number of ether oxygens (including phenoxy) is 3. The first-order chi connectivity index (χ1) is 14.3. The van der Waals surface area contributed by atoms with Gasteiger partial charge in [-0.05, 0) is 18.6 Å². The fraction of sp³-hybridized carbons (Fsp3) is 0.476. The quantitative estimate of drug-likeness (QED) is 0.378. The summed E-state index contributed by atoms with van der Waals surface area (Å²) in [6.07, 6.45) is 0.487. The Hall–Kier alpha value is -2.68. The molecule has 0 amide bonds. The van der Waals surface area contributed by atoms with Crippen LogP contribution in [0.5, 0.6) is 5.75 Å². The first-order valence-corrected chi connectivity index (χ1v) is 9.67. The van der Waals surface area contributed by atoms with Crippen LogP contribution < -0.4 is 4.74 Å². The van der Waals surface area contributed by atoms with E-state index in [9.17, 15) is 18.0 Å². The highest BCUT2D eigenvalue weighted by molar-refractivity contribution is 5.90. The minimum atomic E-state index is -4.71. The normalized spacial score (nSPS) is 12.4. The molecule has 0 radical (unpaired) electrons. The third-order valence-electron chi connectivity index (χ3n) is 4.21. The molecule has 0 saturated carbocycles. The first-order valence-electron chi connectivity index (χ1n) is 9.67. The summed E-state index contributed by atoms with van der Waals surface area (Å²) in [6, 6.07) is 5.80. The summed E-state index contributed by atoms with van der Waals surface area (Å²) in [6.45, 7) is 1.97. The van der Waals surface area contributed by atoms with Crippen LogP contribution in [0.15, 0.2) is 36.7 Å². The third kappa shape index (κ3) is 7.29. The zero-order valence-electron chi connectivity index (χ0n) is 16.9. The standard InChI is InChI=1S/C21H25F3N2O4/c1-3-4-5-6-11-29-17-12-25-19(26-13-17)15-7-9-16(10-8-15)20(27)30-18(14-28-2)21(22,23)24/h7-10,12-13,18H,3-6,11,14H2,1-2H3. The van der Waals surface area contributed by atoms with Crippen LogP contribution in [0.25, 0.3) is 11.4 Å². The number of nitrogens with zero attached hydrogens (tertiary/aromatic N) is 2. The molecule has 0 saturated heterocycles. The molecule has 30 heavy (non-hydrogen) atoms. The highest BCUT2D eigenvalue weighted by Crippen LogP contribution is 2.25. The lowest BCUT2D eigenvalue weighted by molar-refractivity contribution is -0.215. The predicted octanol–water partition coefficient (Wildman–Crippen LogP) is 4.84. The van der Waals surface area contributed by atoms with Gasteiger partial charge in [0, 0.05) is 12.7 Å². The van der Waals surface area contributed by atoms with Crippen molar-refractivity contribution in [3.63, 3.8) is 0 Å². The van der Waals surface area contributed by atoms with Gasteiger partial charge < -0.3 is 14.2 Å². The van der Waals surface area contributed by atoms with Gasteiger partial charge in [0.1, 0.15) is 0 Å². The largest absolute Gasteiger partial charge is 0.490 e. The van der Waals surface area contributed by atoms with Gasteiger partial charge >= 0.3 is 12.1 Å². The number of rotatable bonds is 11. The summed E-state index contributed by atoms with van der Waals surface area (Å²) < 4.78 is 53.1. The van der Waals surface area contributed by atoms with Gasteiger partial charge in [-0.25, -0.2) is 14.8 Å². The van der Waals surface area contributed by atoms with Crippen LogP contribution in [0.3, 0.4) is 0 Å². The van der Waals surface area contributed by atoms with Crippen molar-refractivity contribution >= 4 is 5.97 Å². The molecule has 1 aromatic carbocycles. The highest BCUT2D eigenvalue weighted by Gasteiger charge is 2.43. The SMILES string of the molecule is CCCCCCOc1cnc(-c2ccc(C(=O)OC(COC)C(F)(F)F)cc2)nc1. The zero-order chi connectivity index (χ0) is 22.0. The van der Waals surface area contributed by atoms with E-state index in [2.05, 4.69) is 26.4 Å². The molecule has 0 spiro atoms. The van der Waals surface area contributed by atoms with Crippen LogP contribution in [0.4, 0.5) is 13.2 Å². The molecule has 2 aromatic rings. The summed E-state index contributed by atoms with van der Waals surface area (Å²) in [7, 11) is 1.10. The van der Waals surface area contributed by atoms with Crippen molar-refractivity contribution in [1.29, 1.82) is 0 Å². The number of hydrogen-bond acceptors (Lipinski definition) is 6. The third-order valence-corrected chi connectivity index (χ3v) is 4.21. The van der Waals surface area contributed by atoms with Crippen molar-refractivity contribution in [2.75, 3.05) is 20.3 Å². The highest BCUT2D eigenvalue weighted by atomic mass is 19.4. The van der Waals surface area contributed by atoms with Gasteiger partial charge in [-0.3, -0.25) is 0 Å². The molecule has 1 unspecified atom stereocenters. The second kappa shape index (κ2) is 11.5. The number of methoxy groups -OCH3 is 1. The minimum Gasteiger partial charge on any atom is -0.490 e. The van der Waals surface area contributed by atoms with E-state index in [4.69, 9.17) is 4.74 Å². The lowest BCUT2D eigenvalue weighted by Gasteiger charge is -2.19. The Kier molecular flexibility index (Phi) is 9.04. The lowest BCUT2D eigenvalue weighted by Crippen LogP contribution is -2.37. The number of aromatic nitrogens is 2. The molecular formula is C21H25F3N2O4. The van der Waals surface area contributed by atoms with Crippen molar-refractivity contribution in [2.45, 2.75) is 44.9 Å². The number of hydrogen-bond donors (Lipinski definition) is 0. The summed E-state index contributed by atoms with van der Waals surface area (Å²) in [5, 5.41) is 0. The predicted molar refractivity (Wildman–Crippen MR) is 104 cm³/mol. The zero-order valence-corrected chi connectivity index (χ0v) is 16.9. The molecule has 6 nitrogen and oxygen atoms in total. The maximum absolute atomic E-state index is 12.8. The Morgan fingerprint density at radius 2 is 1.73 bits per heavy atom. The first kappa shape index (κ1) is 23.6. The smallest absolute Gasteiger partial charge is 0.427 e. The number of carbonyl (C=O) groups excluding carboxylic acids is 1. The number of carbonyl (C=O) groups is 1. The molecule has 1 atom stereocenters. The van der Waals surface area contributed by atoms with Gasteiger partial charge in [0.15, 0.2) is 11.6 Å². The van der Waals surface area contributed by atoms with Crippen LogP contribution >= 0.6 is 0 Å². The molecule has 0 fully saturated rings. The van der Waals surface area contributed by atoms with E-state index in [1.165, 1.54) is 30.7 Å². The van der Waals surface area contributed by atoms with Crippen molar-refractivity contribution in [3.05, 3.63) is 42.2 Å². The topological polar surface area (TPSA) is 70.5 Å². The summed E-state index contributed by atoms with van der Waals surface area (Å²) in [5.41, 5.74) is 0.585. The molecule has 0 aliphatic heterocycles. The van der Waals surface area contributed by atoms with Crippen LogP contribution in [-0.2, 0) is 9.47 Å². The Morgan fingerprint density at radius 3 is 2.30 bits per heavy atom.